The quantitative estimate of drug-likeness (QED) is 0.331. The largest absolute Gasteiger partial charge is 0.616 e. The number of hydrogen-bond donors (Lipinski definition) is 0. The lowest BCUT2D eigenvalue weighted by molar-refractivity contribution is -0.374. The second-order valence-electron chi connectivity index (χ2n) is 1.98. The maximum absolute atomic E-state index is 10.5. The van der Waals surface area contributed by atoms with Crippen LogP contribution < -0.4 is 0 Å². The van der Waals surface area contributed by atoms with Gasteiger partial charge in [-0.15, -0.1) is 4.74 Å². The molecule has 0 radical (unpaired) electrons. The molecule has 0 saturated heterocycles. The van der Waals surface area contributed by atoms with Crippen molar-refractivity contribution in [1.29, 1.82) is 0 Å². The standard InChI is InChI=1S/C5H7NO2/c1-4-2-3-6(8)5(4)7/h3-4H,2H2,1H3. The fraction of sp³-hybridized carbons (Fsp3) is 0.600. The molecule has 1 amide bonds. The van der Waals surface area contributed by atoms with E-state index in [0.29, 0.717) is 11.2 Å². The van der Waals surface area contributed by atoms with Crippen molar-refractivity contribution in [2.24, 2.45) is 5.92 Å². The van der Waals surface area contributed by atoms with Gasteiger partial charge < -0.3 is 5.21 Å². The van der Waals surface area contributed by atoms with Gasteiger partial charge in [-0.05, 0) is 6.92 Å². The minimum absolute atomic E-state index is 0.0903. The van der Waals surface area contributed by atoms with Gasteiger partial charge in [-0.2, -0.15) is 0 Å². The number of hydroxylamine groups is 1. The van der Waals surface area contributed by atoms with Crippen LogP contribution in [0.25, 0.3) is 0 Å². The fourth-order valence-corrected chi connectivity index (χ4v) is 0.662. The van der Waals surface area contributed by atoms with E-state index in [4.69, 9.17) is 0 Å². The Hall–Kier alpha value is -0.860. The van der Waals surface area contributed by atoms with Crippen LogP contribution in [-0.4, -0.2) is 16.9 Å². The first kappa shape index (κ1) is 5.28. The molecule has 44 valence electrons. The van der Waals surface area contributed by atoms with Gasteiger partial charge in [0.25, 0.3) is 0 Å². The Morgan fingerprint density at radius 3 is 2.75 bits per heavy atom. The molecule has 1 rings (SSSR count). The third kappa shape index (κ3) is 0.598. The number of hydrogen-bond acceptors (Lipinski definition) is 2. The predicted octanol–water partition coefficient (Wildman–Crippen LogP) is 0.134. The van der Waals surface area contributed by atoms with E-state index >= 15 is 0 Å². The molecular formula is C5H7NO2. The van der Waals surface area contributed by atoms with E-state index in [1.54, 1.807) is 6.92 Å². The molecule has 1 heterocycles. The molecule has 0 aliphatic carbocycles. The maximum atomic E-state index is 10.5. The summed E-state index contributed by atoms with van der Waals surface area (Å²) in [7, 11) is 0. The van der Waals surface area contributed by atoms with Crippen LogP contribution in [0, 0.1) is 11.1 Å². The Bertz CT molecular complexity index is 151. The Morgan fingerprint density at radius 2 is 2.62 bits per heavy atom. The lowest BCUT2D eigenvalue weighted by Gasteiger charge is -1.93. The number of nitrogens with zero attached hydrogens (tertiary/aromatic N) is 1. The first-order chi connectivity index (χ1) is 3.72. The van der Waals surface area contributed by atoms with Gasteiger partial charge >= 0.3 is 5.91 Å². The molecule has 1 atom stereocenters. The fourth-order valence-electron chi connectivity index (χ4n) is 0.662. The predicted molar refractivity (Wildman–Crippen MR) is 28.5 cm³/mol. The summed E-state index contributed by atoms with van der Waals surface area (Å²) in [6, 6.07) is 0. The van der Waals surface area contributed by atoms with Gasteiger partial charge in [-0.3, -0.25) is 0 Å². The number of rotatable bonds is 0. The van der Waals surface area contributed by atoms with Gasteiger partial charge in [-0.1, -0.05) is 0 Å². The molecule has 0 bridgehead atoms. The monoisotopic (exact) mass is 113 g/mol. The Labute approximate surface area is 47.2 Å². The first-order valence-corrected chi connectivity index (χ1v) is 2.55. The van der Waals surface area contributed by atoms with Crippen LogP contribution in [0.4, 0.5) is 0 Å². The molecule has 0 aromatic rings. The summed E-state index contributed by atoms with van der Waals surface area (Å²) in [6.07, 6.45) is 1.97. The van der Waals surface area contributed by atoms with Gasteiger partial charge in [0.2, 0.25) is 0 Å². The molecular weight excluding hydrogens is 106 g/mol. The zero-order chi connectivity index (χ0) is 6.15. The molecule has 0 saturated carbocycles. The third-order valence-corrected chi connectivity index (χ3v) is 1.26. The highest BCUT2D eigenvalue weighted by atomic mass is 16.5. The van der Waals surface area contributed by atoms with Gasteiger partial charge in [0.05, 0.1) is 5.92 Å². The van der Waals surface area contributed by atoms with E-state index < -0.39 is 0 Å². The van der Waals surface area contributed by atoms with Crippen molar-refractivity contribution in [2.75, 3.05) is 0 Å². The van der Waals surface area contributed by atoms with Crippen LogP contribution in [0.1, 0.15) is 13.3 Å². The molecule has 0 spiro atoms. The van der Waals surface area contributed by atoms with Crippen molar-refractivity contribution in [3.05, 3.63) is 5.21 Å². The topological polar surface area (TPSA) is 43.1 Å². The maximum Gasteiger partial charge on any atom is 0.401 e. The van der Waals surface area contributed by atoms with Crippen LogP contribution in [-0.2, 0) is 4.79 Å². The molecule has 3 nitrogen and oxygen atoms in total. The molecule has 8 heavy (non-hydrogen) atoms. The minimum Gasteiger partial charge on any atom is -0.616 e. The highest BCUT2D eigenvalue weighted by molar-refractivity contribution is 5.81. The van der Waals surface area contributed by atoms with Crippen molar-refractivity contribution in [1.82, 2.24) is 0 Å². The van der Waals surface area contributed by atoms with E-state index in [1.165, 1.54) is 6.21 Å². The van der Waals surface area contributed by atoms with Gasteiger partial charge in [0.1, 0.15) is 0 Å². The lowest BCUT2D eigenvalue weighted by atomic mass is 10.1. The smallest absolute Gasteiger partial charge is 0.401 e. The molecule has 0 aromatic heterocycles. The molecule has 1 unspecified atom stereocenters. The Kier molecular flexibility index (Phi) is 1.04. The SMILES string of the molecule is CC1CC=[N+]([O-])C1=O. The van der Waals surface area contributed by atoms with E-state index in [0.717, 1.165) is 0 Å². The number of carbonyl (C=O) groups excluding carboxylic acids is 1. The van der Waals surface area contributed by atoms with E-state index in [9.17, 15) is 10.0 Å². The van der Waals surface area contributed by atoms with Crippen LogP contribution >= 0.6 is 0 Å². The van der Waals surface area contributed by atoms with Crippen molar-refractivity contribution >= 4 is 12.1 Å². The highest BCUT2D eigenvalue weighted by Gasteiger charge is 2.26. The zero-order valence-electron chi connectivity index (χ0n) is 4.63. The van der Waals surface area contributed by atoms with Crippen molar-refractivity contribution in [3.63, 3.8) is 0 Å². The average molecular weight is 113 g/mol. The summed E-state index contributed by atoms with van der Waals surface area (Å²) >= 11 is 0. The summed E-state index contributed by atoms with van der Waals surface area (Å²) in [5.74, 6) is -0.405. The molecule has 0 aromatic carbocycles. The normalized spacial score (nSPS) is 28.4. The summed E-state index contributed by atoms with van der Waals surface area (Å²) in [5.41, 5.74) is 0. The Balaban J connectivity index is 2.73. The second-order valence-corrected chi connectivity index (χ2v) is 1.98. The van der Waals surface area contributed by atoms with E-state index in [1.807, 2.05) is 0 Å². The van der Waals surface area contributed by atoms with Gasteiger partial charge in [0.15, 0.2) is 6.21 Å². The molecule has 1 aliphatic rings. The first-order valence-electron chi connectivity index (χ1n) is 2.55. The lowest BCUT2D eigenvalue weighted by Crippen LogP contribution is -2.13. The van der Waals surface area contributed by atoms with Crippen LogP contribution in [0.5, 0.6) is 0 Å². The van der Waals surface area contributed by atoms with Crippen LogP contribution in [0.2, 0.25) is 0 Å². The van der Waals surface area contributed by atoms with Crippen molar-refractivity contribution < 1.29 is 9.53 Å². The van der Waals surface area contributed by atoms with Crippen molar-refractivity contribution in [2.45, 2.75) is 13.3 Å². The molecule has 0 N–H and O–H groups in total. The number of amides is 1. The second kappa shape index (κ2) is 1.58. The van der Waals surface area contributed by atoms with Gasteiger partial charge in [-0.25, -0.2) is 4.79 Å². The van der Waals surface area contributed by atoms with Gasteiger partial charge in [0, 0.05) is 6.42 Å². The van der Waals surface area contributed by atoms with Crippen LogP contribution in [0.15, 0.2) is 0 Å². The average Bonchev–Trinajstić information content (AvgIpc) is 1.98. The highest BCUT2D eigenvalue weighted by Crippen LogP contribution is 2.06. The Morgan fingerprint density at radius 1 is 2.00 bits per heavy atom. The summed E-state index contributed by atoms with van der Waals surface area (Å²) < 4.78 is 0.407. The van der Waals surface area contributed by atoms with Crippen molar-refractivity contribution in [3.8, 4) is 0 Å². The summed E-state index contributed by atoms with van der Waals surface area (Å²) in [4.78, 5) is 10.5. The zero-order valence-corrected chi connectivity index (χ0v) is 4.63. The minimum atomic E-state index is -0.315. The molecule has 0 fully saturated rings. The van der Waals surface area contributed by atoms with E-state index in [-0.39, 0.29) is 11.8 Å². The van der Waals surface area contributed by atoms with E-state index in [2.05, 4.69) is 0 Å². The third-order valence-electron chi connectivity index (χ3n) is 1.26. The summed E-state index contributed by atoms with van der Waals surface area (Å²) in [5, 5.41) is 10.3. The van der Waals surface area contributed by atoms with Crippen LogP contribution in [0.3, 0.4) is 0 Å². The summed E-state index contributed by atoms with van der Waals surface area (Å²) in [6.45, 7) is 1.75. The number of carbonyl (C=O) groups is 1. The molecule has 3 heteroatoms. The molecule has 1 aliphatic heterocycles.